The summed E-state index contributed by atoms with van der Waals surface area (Å²) in [7, 11) is 3.18. The van der Waals surface area contributed by atoms with Gasteiger partial charge in [-0.2, -0.15) is 0 Å². The second-order valence-corrected chi connectivity index (χ2v) is 8.58. The van der Waals surface area contributed by atoms with Gasteiger partial charge in [0.05, 0.1) is 14.2 Å². The average molecular weight is 391 g/mol. The van der Waals surface area contributed by atoms with Crippen LogP contribution in [-0.2, 0) is 16.0 Å². The van der Waals surface area contributed by atoms with Gasteiger partial charge >= 0.3 is 11.8 Å². The molecular weight excluding hydrogens is 356 g/mol. The lowest BCUT2D eigenvalue weighted by atomic mass is 9.71. The summed E-state index contributed by atoms with van der Waals surface area (Å²) in [5.74, 6) is 0.881. The molecule has 2 rings (SSSR count). The van der Waals surface area contributed by atoms with Crippen LogP contribution < -0.4 is 20.1 Å². The van der Waals surface area contributed by atoms with Gasteiger partial charge < -0.3 is 20.1 Å². The largest absolute Gasteiger partial charge is 0.493 e. The summed E-state index contributed by atoms with van der Waals surface area (Å²) in [6, 6.07) is 5.72. The van der Waals surface area contributed by atoms with Crippen LogP contribution in [0.5, 0.6) is 11.5 Å². The Bertz CT molecular complexity index is 674. The number of hydrogen-bond acceptors (Lipinski definition) is 4. The van der Waals surface area contributed by atoms with E-state index in [2.05, 4.69) is 31.4 Å². The number of hydrogen-bond donors (Lipinski definition) is 2. The summed E-state index contributed by atoms with van der Waals surface area (Å²) >= 11 is 0. The van der Waals surface area contributed by atoms with Gasteiger partial charge in [0.2, 0.25) is 0 Å². The van der Waals surface area contributed by atoms with Gasteiger partial charge in [-0.05, 0) is 61.1 Å². The lowest BCUT2D eigenvalue weighted by Gasteiger charge is -2.37. The molecule has 1 aliphatic carbocycles. The fraction of sp³-hybridized carbons (Fsp3) is 0.636. The Balaban J connectivity index is 1.74. The van der Waals surface area contributed by atoms with Crippen molar-refractivity contribution in [2.45, 2.75) is 58.9 Å². The summed E-state index contributed by atoms with van der Waals surface area (Å²) < 4.78 is 10.5. The van der Waals surface area contributed by atoms with Crippen molar-refractivity contribution in [3.63, 3.8) is 0 Å². The van der Waals surface area contributed by atoms with Crippen molar-refractivity contribution in [3.05, 3.63) is 23.8 Å². The Kier molecular flexibility index (Phi) is 7.72. The van der Waals surface area contributed by atoms with Crippen LogP contribution in [0.1, 0.15) is 52.0 Å². The van der Waals surface area contributed by atoms with Gasteiger partial charge in [-0.15, -0.1) is 0 Å². The first-order valence-corrected chi connectivity index (χ1v) is 10.0. The minimum Gasteiger partial charge on any atom is -0.493 e. The highest BCUT2D eigenvalue weighted by molar-refractivity contribution is 6.35. The maximum Gasteiger partial charge on any atom is 0.309 e. The monoisotopic (exact) mass is 390 g/mol. The minimum absolute atomic E-state index is 0.0997. The summed E-state index contributed by atoms with van der Waals surface area (Å²) in [5, 5.41) is 5.58. The number of carbonyl (C=O) groups excluding carboxylic acids is 2. The number of methoxy groups -OCH3 is 2. The van der Waals surface area contributed by atoms with Crippen molar-refractivity contribution >= 4 is 11.8 Å². The van der Waals surface area contributed by atoms with Crippen LogP contribution in [0.3, 0.4) is 0 Å². The summed E-state index contributed by atoms with van der Waals surface area (Å²) in [5.41, 5.74) is 1.30. The number of benzene rings is 1. The molecule has 2 N–H and O–H groups in total. The van der Waals surface area contributed by atoms with E-state index < -0.39 is 11.8 Å². The molecule has 1 aliphatic rings. The third-order valence-corrected chi connectivity index (χ3v) is 5.64. The molecule has 0 radical (unpaired) electrons. The van der Waals surface area contributed by atoms with E-state index >= 15 is 0 Å². The van der Waals surface area contributed by atoms with E-state index in [1.54, 1.807) is 14.2 Å². The molecule has 156 valence electrons. The number of amides is 2. The standard InChI is InChI=1S/C22H34N2O4/c1-22(2,3)16-7-9-17(10-8-16)24-21(26)20(25)23-13-12-15-6-11-18(27-4)19(14-15)28-5/h6,11,14,16-17H,7-10,12-13H2,1-5H3,(H,23,25)(H,24,26). The Hall–Kier alpha value is -2.24. The van der Waals surface area contributed by atoms with E-state index in [1.807, 2.05) is 18.2 Å². The number of nitrogens with one attached hydrogen (secondary N) is 2. The molecule has 0 unspecified atom stereocenters. The molecule has 0 bridgehead atoms. The molecule has 0 heterocycles. The molecule has 6 nitrogen and oxygen atoms in total. The van der Waals surface area contributed by atoms with Gasteiger partial charge in [-0.25, -0.2) is 0 Å². The van der Waals surface area contributed by atoms with Gasteiger partial charge in [0, 0.05) is 12.6 Å². The molecule has 28 heavy (non-hydrogen) atoms. The first-order chi connectivity index (χ1) is 13.2. The van der Waals surface area contributed by atoms with Gasteiger partial charge in [0.1, 0.15) is 0 Å². The Morgan fingerprint density at radius 1 is 1.00 bits per heavy atom. The molecule has 0 aromatic heterocycles. The highest BCUT2D eigenvalue weighted by Gasteiger charge is 2.30. The summed E-state index contributed by atoms with van der Waals surface area (Å²) in [6.07, 6.45) is 4.67. The molecule has 0 atom stereocenters. The molecule has 1 aromatic carbocycles. The van der Waals surface area contributed by atoms with Crippen LogP contribution >= 0.6 is 0 Å². The second kappa shape index (κ2) is 9.80. The topological polar surface area (TPSA) is 76.7 Å². The second-order valence-electron chi connectivity index (χ2n) is 8.58. The first kappa shape index (κ1) is 22.1. The fourth-order valence-corrected chi connectivity index (χ4v) is 3.79. The Morgan fingerprint density at radius 3 is 2.21 bits per heavy atom. The van der Waals surface area contributed by atoms with Crippen molar-refractivity contribution in [3.8, 4) is 11.5 Å². The zero-order valence-electron chi connectivity index (χ0n) is 17.8. The highest BCUT2D eigenvalue weighted by Crippen LogP contribution is 2.37. The van der Waals surface area contributed by atoms with E-state index in [4.69, 9.17) is 9.47 Å². The molecule has 0 aliphatic heterocycles. The van der Waals surface area contributed by atoms with Crippen LogP contribution in [0.15, 0.2) is 18.2 Å². The molecular formula is C22H34N2O4. The van der Waals surface area contributed by atoms with E-state index in [-0.39, 0.29) is 6.04 Å². The summed E-state index contributed by atoms with van der Waals surface area (Å²) in [6.45, 7) is 7.19. The van der Waals surface area contributed by atoms with Crippen LogP contribution in [0.25, 0.3) is 0 Å². The first-order valence-electron chi connectivity index (χ1n) is 10.0. The van der Waals surface area contributed by atoms with Crippen LogP contribution in [0.2, 0.25) is 0 Å². The van der Waals surface area contributed by atoms with Gasteiger partial charge in [0.15, 0.2) is 11.5 Å². The maximum atomic E-state index is 12.2. The average Bonchev–Trinajstić information content (AvgIpc) is 2.67. The zero-order valence-corrected chi connectivity index (χ0v) is 17.8. The maximum absolute atomic E-state index is 12.2. The summed E-state index contributed by atoms with van der Waals surface area (Å²) in [4.78, 5) is 24.2. The predicted molar refractivity (Wildman–Crippen MR) is 110 cm³/mol. The van der Waals surface area contributed by atoms with Gasteiger partial charge in [-0.3, -0.25) is 9.59 Å². The molecule has 2 amide bonds. The van der Waals surface area contributed by atoms with E-state index in [1.165, 1.54) is 0 Å². The molecule has 6 heteroatoms. The molecule has 0 spiro atoms. The number of ether oxygens (including phenoxy) is 2. The molecule has 1 saturated carbocycles. The SMILES string of the molecule is COc1ccc(CCNC(=O)C(=O)NC2CCC(C(C)(C)C)CC2)cc1OC. The third-order valence-electron chi connectivity index (χ3n) is 5.64. The van der Waals surface area contributed by atoms with Crippen molar-refractivity contribution < 1.29 is 19.1 Å². The van der Waals surface area contributed by atoms with Gasteiger partial charge in [-0.1, -0.05) is 26.8 Å². The molecule has 0 saturated heterocycles. The highest BCUT2D eigenvalue weighted by atomic mass is 16.5. The van der Waals surface area contributed by atoms with Crippen LogP contribution in [0.4, 0.5) is 0 Å². The molecule has 1 aromatic rings. The number of rotatable bonds is 6. The van der Waals surface area contributed by atoms with Crippen LogP contribution in [-0.4, -0.2) is 38.6 Å². The van der Waals surface area contributed by atoms with Crippen molar-refractivity contribution in [1.29, 1.82) is 0 Å². The number of carbonyl (C=O) groups is 2. The lowest BCUT2D eigenvalue weighted by Crippen LogP contribution is -2.46. The normalized spacial score (nSPS) is 19.6. The lowest BCUT2D eigenvalue weighted by molar-refractivity contribution is -0.139. The predicted octanol–water partition coefficient (Wildman–Crippen LogP) is 3.08. The third kappa shape index (κ3) is 6.14. The Morgan fingerprint density at radius 2 is 1.64 bits per heavy atom. The van der Waals surface area contributed by atoms with Gasteiger partial charge in [0.25, 0.3) is 0 Å². The van der Waals surface area contributed by atoms with E-state index in [9.17, 15) is 9.59 Å². The van der Waals surface area contributed by atoms with Crippen LogP contribution in [0, 0.1) is 11.3 Å². The zero-order chi connectivity index (χ0) is 20.7. The van der Waals surface area contributed by atoms with Crippen molar-refractivity contribution in [2.75, 3.05) is 20.8 Å². The minimum atomic E-state index is -0.571. The van der Waals surface area contributed by atoms with E-state index in [0.29, 0.717) is 35.8 Å². The Labute approximate surface area is 168 Å². The smallest absolute Gasteiger partial charge is 0.309 e. The van der Waals surface area contributed by atoms with E-state index in [0.717, 1.165) is 31.2 Å². The molecule has 1 fully saturated rings. The quantitative estimate of drug-likeness (QED) is 0.732. The van der Waals surface area contributed by atoms with Crippen molar-refractivity contribution in [1.82, 2.24) is 10.6 Å². The fourth-order valence-electron chi connectivity index (χ4n) is 3.79. The van der Waals surface area contributed by atoms with Crippen molar-refractivity contribution in [2.24, 2.45) is 11.3 Å².